The Kier molecular flexibility index (Phi) is 13.6. The molecule has 0 aromatic rings. The van der Waals surface area contributed by atoms with Gasteiger partial charge in [-0.15, -0.1) is 0 Å². The number of rotatable bonds is 10. The van der Waals surface area contributed by atoms with Gasteiger partial charge in [-0.05, 0) is 19.4 Å². The summed E-state index contributed by atoms with van der Waals surface area (Å²) < 4.78 is 22.5. The Morgan fingerprint density at radius 2 is 1.44 bits per heavy atom. The molecule has 0 aromatic carbocycles. The number of aliphatic hydroxyl groups excluding tert-OH is 8. The third kappa shape index (κ3) is 7.85. The van der Waals surface area contributed by atoms with E-state index in [-0.39, 0.29) is 31.4 Å². The first kappa shape index (κ1) is 36.0. The molecule has 1 saturated carbocycles. The third-order valence-electron chi connectivity index (χ3n) is 7.51. The van der Waals surface area contributed by atoms with Crippen molar-refractivity contribution in [2.75, 3.05) is 19.7 Å². The van der Waals surface area contributed by atoms with Crippen LogP contribution in [0.4, 0.5) is 0 Å². The van der Waals surface area contributed by atoms with E-state index in [1.54, 1.807) is 0 Å². The molecule has 3 rings (SSSR count). The molecule has 19 N–H and O–H groups in total. The van der Waals surface area contributed by atoms with Gasteiger partial charge in [0.05, 0.1) is 18.7 Å². The molecule has 3 aliphatic rings. The van der Waals surface area contributed by atoms with Crippen molar-refractivity contribution in [1.29, 1.82) is 0 Å². The molecular weight excluding hydrogens is 558 g/mol. The SMILES string of the molecule is NCC[C@H](O)C(=O)N[C@@H]1CC(N)C(O[C@H]2O[C@H](CN)[C@@H](O)[C@H](O)[C@H]2O)[C@H](O)C1O[C@H]1O[C@H](CO)[C@@H](O)[C@H](N)[C@H]1O.O. The van der Waals surface area contributed by atoms with Gasteiger partial charge in [0.25, 0.3) is 0 Å². The van der Waals surface area contributed by atoms with Gasteiger partial charge in [0.2, 0.25) is 5.91 Å². The second-order valence-electron chi connectivity index (χ2n) is 10.3. The molecule has 2 saturated heterocycles. The van der Waals surface area contributed by atoms with Crippen LogP contribution in [0.15, 0.2) is 0 Å². The van der Waals surface area contributed by atoms with E-state index in [4.69, 9.17) is 41.9 Å². The Labute approximate surface area is 235 Å². The van der Waals surface area contributed by atoms with Gasteiger partial charge in [0.15, 0.2) is 12.6 Å². The summed E-state index contributed by atoms with van der Waals surface area (Å²) in [6, 6.07) is -3.45. The average Bonchev–Trinajstić information content (AvgIpc) is 2.92. The van der Waals surface area contributed by atoms with Gasteiger partial charge in [-0.25, -0.2) is 0 Å². The van der Waals surface area contributed by atoms with Crippen molar-refractivity contribution in [2.24, 2.45) is 22.9 Å². The Morgan fingerprint density at radius 3 is 2.02 bits per heavy atom. The molecule has 1 aliphatic carbocycles. The maximum atomic E-state index is 12.6. The van der Waals surface area contributed by atoms with Crippen molar-refractivity contribution >= 4 is 5.91 Å². The summed E-state index contributed by atoms with van der Waals surface area (Å²) in [6.45, 7) is -0.898. The zero-order chi connectivity index (χ0) is 29.9. The lowest BCUT2D eigenvalue weighted by Crippen LogP contribution is -2.69. The van der Waals surface area contributed by atoms with Crippen LogP contribution in [-0.4, -0.2) is 170 Å². The lowest BCUT2D eigenvalue weighted by atomic mass is 9.83. The van der Waals surface area contributed by atoms with Crippen LogP contribution in [0.3, 0.4) is 0 Å². The fourth-order valence-corrected chi connectivity index (χ4v) is 5.07. The van der Waals surface area contributed by atoms with E-state index in [2.05, 4.69) is 5.32 Å². The van der Waals surface area contributed by atoms with Crippen LogP contribution < -0.4 is 28.3 Å². The number of carbonyl (C=O) groups is 1. The Balaban J connectivity index is 0.00000588. The Bertz CT molecular complexity index is 817. The van der Waals surface area contributed by atoms with E-state index in [1.165, 1.54) is 0 Å². The van der Waals surface area contributed by atoms with Gasteiger partial charge in [-0.2, -0.15) is 0 Å². The zero-order valence-corrected chi connectivity index (χ0v) is 22.2. The first-order chi connectivity index (χ1) is 18.9. The molecule has 2 heterocycles. The second-order valence-corrected chi connectivity index (χ2v) is 10.3. The predicted octanol–water partition coefficient (Wildman–Crippen LogP) is -9.25. The Hall–Kier alpha value is -1.21. The van der Waals surface area contributed by atoms with Gasteiger partial charge < -0.3 is 93.5 Å². The molecule has 0 bridgehead atoms. The van der Waals surface area contributed by atoms with Gasteiger partial charge in [0.1, 0.15) is 67.1 Å². The molecule has 3 unspecified atom stereocenters. The van der Waals surface area contributed by atoms with Crippen molar-refractivity contribution in [3.63, 3.8) is 0 Å². The molecule has 19 heteroatoms. The summed E-state index contributed by atoms with van der Waals surface area (Å²) in [5, 5.41) is 84.9. The number of carbonyl (C=O) groups excluding carboxylic acids is 1. The molecule has 1 amide bonds. The van der Waals surface area contributed by atoms with Crippen LogP contribution in [0.1, 0.15) is 12.8 Å². The largest absolute Gasteiger partial charge is 0.412 e. The van der Waals surface area contributed by atoms with Crippen LogP contribution >= 0.6 is 0 Å². The minimum atomic E-state index is -1.76. The highest BCUT2D eigenvalue weighted by Crippen LogP contribution is 2.32. The molecule has 16 atom stereocenters. The van der Waals surface area contributed by atoms with Gasteiger partial charge in [-0.3, -0.25) is 4.79 Å². The molecule has 0 spiro atoms. The standard InChI is InChI=1S/C22H43N5O13.H2O/c23-2-1-8(29)20(36)27-7-3-6(25)18(39-22-16(34)15(33)13(31)9(4-24)37-22)17(35)19(7)40-21-14(32)11(26)12(30)10(5-28)38-21;/h6-19,21-22,28-35H,1-5,23-26H2,(H,27,36);1H2/t6?,7-,8+,9-,10-,11+,12-,13-,14-,15+,16-,17+,18?,19?,21-,22-;/m1./s1. The first-order valence-electron chi connectivity index (χ1n) is 13.1. The number of amides is 1. The summed E-state index contributed by atoms with van der Waals surface area (Å²) in [6.07, 6.45) is -19.8. The lowest BCUT2D eigenvalue weighted by Gasteiger charge is -2.49. The van der Waals surface area contributed by atoms with Gasteiger partial charge >= 0.3 is 0 Å². The molecule has 242 valence electrons. The van der Waals surface area contributed by atoms with Crippen LogP contribution in [0.2, 0.25) is 0 Å². The van der Waals surface area contributed by atoms with E-state index in [0.29, 0.717) is 0 Å². The van der Waals surface area contributed by atoms with Crippen LogP contribution in [0.25, 0.3) is 0 Å². The van der Waals surface area contributed by atoms with Gasteiger partial charge in [-0.1, -0.05) is 0 Å². The molecular formula is C22H45N5O14. The molecule has 19 nitrogen and oxygen atoms in total. The molecule has 0 aromatic heterocycles. The fraction of sp³-hybridized carbons (Fsp3) is 0.955. The fourth-order valence-electron chi connectivity index (χ4n) is 5.07. The highest BCUT2D eigenvalue weighted by atomic mass is 16.7. The topological polar surface area (TPSA) is 363 Å². The number of aliphatic hydroxyl groups is 8. The summed E-state index contributed by atoms with van der Waals surface area (Å²) >= 11 is 0. The highest BCUT2D eigenvalue weighted by molar-refractivity contribution is 5.80. The number of ether oxygens (including phenoxy) is 4. The monoisotopic (exact) mass is 603 g/mol. The summed E-state index contributed by atoms with van der Waals surface area (Å²) in [7, 11) is 0. The molecule has 0 radical (unpaired) electrons. The second kappa shape index (κ2) is 15.5. The maximum Gasteiger partial charge on any atom is 0.249 e. The molecule has 3 fully saturated rings. The van der Waals surface area contributed by atoms with E-state index < -0.39 is 110 Å². The van der Waals surface area contributed by atoms with Crippen molar-refractivity contribution in [3.8, 4) is 0 Å². The Morgan fingerprint density at radius 1 is 0.854 bits per heavy atom. The number of hydrogen-bond donors (Lipinski definition) is 13. The summed E-state index contributed by atoms with van der Waals surface area (Å²) in [4.78, 5) is 12.6. The minimum absolute atomic E-state index is 0. The first-order valence-corrected chi connectivity index (χ1v) is 13.1. The lowest BCUT2D eigenvalue weighted by molar-refractivity contribution is -0.332. The van der Waals surface area contributed by atoms with E-state index in [9.17, 15) is 45.6 Å². The smallest absolute Gasteiger partial charge is 0.249 e. The van der Waals surface area contributed by atoms with Crippen LogP contribution in [0.5, 0.6) is 0 Å². The average molecular weight is 604 g/mol. The van der Waals surface area contributed by atoms with Gasteiger partial charge in [0, 0.05) is 12.6 Å². The van der Waals surface area contributed by atoms with Crippen molar-refractivity contribution < 1.29 is 70.1 Å². The summed E-state index contributed by atoms with van der Waals surface area (Å²) in [5.41, 5.74) is 23.1. The van der Waals surface area contributed by atoms with Crippen molar-refractivity contribution in [2.45, 2.75) is 111 Å². The maximum absolute atomic E-state index is 12.6. The van der Waals surface area contributed by atoms with E-state index in [0.717, 1.165) is 0 Å². The van der Waals surface area contributed by atoms with Crippen LogP contribution in [0, 0.1) is 0 Å². The van der Waals surface area contributed by atoms with Crippen molar-refractivity contribution in [3.05, 3.63) is 0 Å². The zero-order valence-electron chi connectivity index (χ0n) is 22.2. The van der Waals surface area contributed by atoms with E-state index in [1.807, 2.05) is 0 Å². The third-order valence-corrected chi connectivity index (χ3v) is 7.51. The normalized spacial score (nSPS) is 45.9. The number of nitrogens with one attached hydrogen (secondary N) is 1. The van der Waals surface area contributed by atoms with Crippen molar-refractivity contribution in [1.82, 2.24) is 5.32 Å². The predicted molar refractivity (Wildman–Crippen MR) is 135 cm³/mol. The van der Waals surface area contributed by atoms with E-state index >= 15 is 0 Å². The minimum Gasteiger partial charge on any atom is -0.412 e. The molecule has 41 heavy (non-hydrogen) atoms. The summed E-state index contributed by atoms with van der Waals surface area (Å²) in [5.74, 6) is -0.845. The highest BCUT2D eigenvalue weighted by Gasteiger charge is 2.52. The number of nitrogens with two attached hydrogens (primary N) is 4. The van der Waals surface area contributed by atoms with Crippen LogP contribution in [-0.2, 0) is 23.7 Å². The molecule has 2 aliphatic heterocycles. The quantitative estimate of drug-likeness (QED) is 0.110. The number of hydrogen-bond acceptors (Lipinski definition) is 17.